The molecule has 6 heteroatoms. The van der Waals surface area contributed by atoms with Crippen molar-refractivity contribution in [2.45, 2.75) is 56.7 Å². The van der Waals surface area contributed by atoms with Crippen molar-refractivity contribution >= 4 is 5.91 Å². The minimum absolute atomic E-state index is 0.0355. The summed E-state index contributed by atoms with van der Waals surface area (Å²) in [5, 5.41) is 13.2. The number of nitrogens with one attached hydrogen (secondary N) is 1. The molecule has 28 heavy (non-hydrogen) atoms. The van der Waals surface area contributed by atoms with Crippen molar-refractivity contribution in [3.8, 4) is 11.1 Å². The molecule has 1 aromatic carbocycles. The van der Waals surface area contributed by atoms with E-state index in [9.17, 15) is 9.90 Å². The molecule has 4 rings (SSSR count). The Hall–Kier alpha value is -2.31. The molecule has 2 aromatic rings. The van der Waals surface area contributed by atoms with Crippen LogP contribution in [0, 0.1) is 0 Å². The normalized spacial score (nSPS) is 24.7. The Bertz CT molecular complexity index is 790. The Balaban J connectivity index is 1.50. The van der Waals surface area contributed by atoms with Crippen molar-refractivity contribution in [1.29, 1.82) is 0 Å². The number of hydrogen-bond acceptors (Lipinski definition) is 5. The van der Waals surface area contributed by atoms with E-state index in [0.29, 0.717) is 12.6 Å². The summed E-state index contributed by atoms with van der Waals surface area (Å²) in [7, 11) is 0. The van der Waals surface area contributed by atoms with Crippen LogP contribution in [0.4, 0.5) is 0 Å². The van der Waals surface area contributed by atoms with Gasteiger partial charge in [-0.3, -0.25) is 4.79 Å². The van der Waals surface area contributed by atoms with Crippen LogP contribution in [-0.4, -0.2) is 57.2 Å². The van der Waals surface area contributed by atoms with E-state index in [1.807, 2.05) is 4.90 Å². The molecule has 2 aliphatic rings. The van der Waals surface area contributed by atoms with Crippen LogP contribution in [0.5, 0.6) is 0 Å². The molecule has 1 saturated carbocycles. The smallest absolute Gasteiger partial charge is 0.219 e. The SMILES string of the molecule is CC(=O)N(C[C@H]1N[C@H](CO)[C@@H]1c1ccc(-c2cncnc2)cc1)C1CCCC1. The minimum atomic E-state index is 0.0355. The first-order valence-electron chi connectivity index (χ1n) is 10.2. The summed E-state index contributed by atoms with van der Waals surface area (Å²) in [4.78, 5) is 22.4. The lowest BCUT2D eigenvalue weighted by Gasteiger charge is -2.48. The van der Waals surface area contributed by atoms with Gasteiger partial charge in [-0.25, -0.2) is 9.97 Å². The van der Waals surface area contributed by atoms with Gasteiger partial charge < -0.3 is 15.3 Å². The van der Waals surface area contributed by atoms with Crippen molar-refractivity contribution in [2.24, 2.45) is 0 Å². The highest BCUT2D eigenvalue weighted by Crippen LogP contribution is 2.35. The van der Waals surface area contributed by atoms with Gasteiger partial charge in [0.1, 0.15) is 6.33 Å². The molecule has 0 radical (unpaired) electrons. The van der Waals surface area contributed by atoms with Gasteiger partial charge in [0.05, 0.1) is 6.61 Å². The maximum atomic E-state index is 12.2. The number of carbonyl (C=O) groups excluding carboxylic acids is 1. The van der Waals surface area contributed by atoms with Gasteiger partial charge in [0, 0.05) is 55.5 Å². The van der Waals surface area contributed by atoms with Crippen LogP contribution in [0.15, 0.2) is 43.0 Å². The molecule has 1 aromatic heterocycles. The fourth-order valence-electron chi connectivity index (χ4n) is 4.75. The van der Waals surface area contributed by atoms with E-state index in [1.165, 1.54) is 24.7 Å². The largest absolute Gasteiger partial charge is 0.395 e. The molecule has 0 unspecified atom stereocenters. The summed E-state index contributed by atoms with van der Waals surface area (Å²) in [5.74, 6) is 0.355. The Morgan fingerprint density at radius 2 is 1.79 bits per heavy atom. The van der Waals surface area contributed by atoms with Crippen molar-refractivity contribution in [3.05, 3.63) is 48.5 Å². The molecule has 2 N–H and O–H groups in total. The van der Waals surface area contributed by atoms with Crippen LogP contribution < -0.4 is 5.32 Å². The Labute approximate surface area is 166 Å². The molecule has 2 fully saturated rings. The lowest BCUT2D eigenvalue weighted by molar-refractivity contribution is -0.132. The molecule has 0 bridgehead atoms. The molecule has 148 valence electrons. The average molecular weight is 380 g/mol. The quantitative estimate of drug-likeness (QED) is 0.804. The average Bonchev–Trinajstić information content (AvgIpc) is 3.23. The fraction of sp³-hybridized carbons (Fsp3) is 0.500. The topological polar surface area (TPSA) is 78.4 Å². The zero-order valence-corrected chi connectivity index (χ0v) is 16.3. The predicted molar refractivity (Wildman–Crippen MR) is 108 cm³/mol. The molecular formula is C22H28N4O2. The number of nitrogens with zero attached hydrogens (tertiary/aromatic N) is 3. The van der Waals surface area contributed by atoms with E-state index < -0.39 is 0 Å². The van der Waals surface area contributed by atoms with Gasteiger partial charge in [-0.15, -0.1) is 0 Å². The molecule has 0 spiro atoms. The third-order valence-corrected chi connectivity index (χ3v) is 6.24. The fourth-order valence-corrected chi connectivity index (χ4v) is 4.75. The summed E-state index contributed by atoms with van der Waals surface area (Å²) < 4.78 is 0. The number of rotatable bonds is 6. The van der Waals surface area contributed by atoms with Crippen molar-refractivity contribution in [2.75, 3.05) is 13.2 Å². The summed E-state index contributed by atoms with van der Waals surface area (Å²) in [6, 6.07) is 8.98. The number of aliphatic hydroxyl groups excluding tert-OH is 1. The lowest BCUT2D eigenvalue weighted by atomic mass is 9.77. The molecule has 2 heterocycles. The monoisotopic (exact) mass is 380 g/mol. The summed E-state index contributed by atoms with van der Waals surface area (Å²) >= 11 is 0. The van der Waals surface area contributed by atoms with Gasteiger partial charge in [-0.2, -0.15) is 0 Å². The molecule has 3 atom stereocenters. The van der Waals surface area contributed by atoms with Crippen LogP contribution in [-0.2, 0) is 4.79 Å². The van der Waals surface area contributed by atoms with Gasteiger partial charge in [0.2, 0.25) is 5.91 Å². The third-order valence-electron chi connectivity index (χ3n) is 6.24. The summed E-state index contributed by atoms with van der Waals surface area (Å²) in [6.07, 6.45) is 9.76. The Kier molecular flexibility index (Phi) is 5.69. The van der Waals surface area contributed by atoms with Crippen molar-refractivity contribution < 1.29 is 9.90 Å². The predicted octanol–water partition coefficient (Wildman–Crippen LogP) is 2.35. The first-order valence-corrected chi connectivity index (χ1v) is 10.2. The second kappa shape index (κ2) is 8.37. The number of amides is 1. The number of carbonyl (C=O) groups is 1. The van der Waals surface area contributed by atoms with Crippen LogP contribution in [0.2, 0.25) is 0 Å². The van der Waals surface area contributed by atoms with Crippen molar-refractivity contribution in [1.82, 2.24) is 20.2 Å². The van der Waals surface area contributed by atoms with E-state index in [4.69, 9.17) is 0 Å². The highest BCUT2D eigenvalue weighted by Gasteiger charge is 2.43. The van der Waals surface area contributed by atoms with Crippen LogP contribution in [0.3, 0.4) is 0 Å². The number of aromatic nitrogens is 2. The molecule has 1 saturated heterocycles. The lowest BCUT2D eigenvalue weighted by Crippen LogP contribution is -2.65. The number of benzene rings is 1. The number of aliphatic hydroxyl groups is 1. The zero-order valence-electron chi connectivity index (χ0n) is 16.3. The molecule has 6 nitrogen and oxygen atoms in total. The van der Waals surface area contributed by atoms with E-state index in [2.05, 4.69) is 39.6 Å². The van der Waals surface area contributed by atoms with Gasteiger partial charge in [0.15, 0.2) is 0 Å². The van der Waals surface area contributed by atoms with Gasteiger partial charge >= 0.3 is 0 Å². The highest BCUT2D eigenvalue weighted by molar-refractivity contribution is 5.73. The maximum Gasteiger partial charge on any atom is 0.219 e. The second-order valence-corrected chi connectivity index (χ2v) is 7.95. The van der Waals surface area contributed by atoms with Crippen LogP contribution in [0.25, 0.3) is 11.1 Å². The maximum absolute atomic E-state index is 12.2. The molecule has 1 amide bonds. The van der Waals surface area contributed by atoms with Crippen LogP contribution >= 0.6 is 0 Å². The third kappa shape index (κ3) is 3.80. The van der Waals surface area contributed by atoms with Gasteiger partial charge in [-0.1, -0.05) is 37.1 Å². The minimum Gasteiger partial charge on any atom is -0.395 e. The Morgan fingerprint density at radius 3 is 2.39 bits per heavy atom. The number of hydrogen-bond donors (Lipinski definition) is 2. The standard InChI is InChI=1S/C22H28N4O2/c1-15(28)26(19-4-2-3-5-19)12-20-22(21(13-27)25-20)17-8-6-16(7-9-17)18-10-23-14-24-11-18/h6-11,14,19-22,25,27H,2-5,12-13H2,1H3/t20-,21-,22-/m1/s1. The first kappa shape index (κ1) is 19.0. The van der Waals surface area contributed by atoms with Gasteiger partial charge in [-0.05, 0) is 24.0 Å². The molecule has 1 aliphatic carbocycles. The Morgan fingerprint density at radius 1 is 1.11 bits per heavy atom. The van der Waals surface area contributed by atoms with Crippen LogP contribution in [0.1, 0.15) is 44.1 Å². The first-order chi connectivity index (χ1) is 13.7. The van der Waals surface area contributed by atoms with Crippen molar-refractivity contribution in [3.63, 3.8) is 0 Å². The van der Waals surface area contributed by atoms with E-state index >= 15 is 0 Å². The zero-order chi connectivity index (χ0) is 19.5. The molecular weight excluding hydrogens is 352 g/mol. The van der Waals surface area contributed by atoms with E-state index in [0.717, 1.165) is 24.0 Å². The summed E-state index contributed by atoms with van der Waals surface area (Å²) in [5.41, 5.74) is 3.25. The second-order valence-electron chi connectivity index (χ2n) is 7.95. The van der Waals surface area contributed by atoms with E-state index in [1.54, 1.807) is 19.3 Å². The van der Waals surface area contributed by atoms with Gasteiger partial charge in [0.25, 0.3) is 0 Å². The summed E-state index contributed by atoms with van der Waals surface area (Å²) in [6.45, 7) is 2.47. The molecule has 1 aliphatic heterocycles. The van der Waals surface area contributed by atoms with E-state index in [-0.39, 0.29) is 30.5 Å². The highest BCUT2D eigenvalue weighted by atomic mass is 16.3.